The van der Waals surface area contributed by atoms with Crippen LogP contribution >= 0.6 is 0 Å². The van der Waals surface area contributed by atoms with E-state index in [-0.39, 0.29) is 5.75 Å². The molecule has 7 heteroatoms. The van der Waals surface area contributed by atoms with Crippen LogP contribution in [0.15, 0.2) is 42.6 Å². The minimum absolute atomic E-state index is 0.104. The second kappa shape index (κ2) is 7.82. The van der Waals surface area contributed by atoms with Gasteiger partial charge in [-0.25, -0.2) is 13.4 Å². The SMILES string of the molecule is CCCCS(=O)(=O)Nc1ccc(Nc2ccccc2OC)cn1. The first-order valence-electron chi connectivity index (χ1n) is 7.40. The van der Waals surface area contributed by atoms with Crippen LogP contribution in [0.25, 0.3) is 0 Å². The Hall–Kier alpha value is -2.28. The normalized spacial score (nSPS) is 11.0. The minimum atomic E-state index is -3.33. The maximum Gasteiger partial charge on any atom is 0.233 e. The van der Waals surface area contributed by atoms with Crippen molar-refractivity contribution >= 4 is 27.2 Å². The lowest BCUT2D eigenvalue weighted by Gasteiger charge is -2.11. The average Bonchev–Trinajstić information content (AvgIpc) is 2.55. The van der Waals surface area contributed by atoms with Gasteiger partial charge in [0.15, 0.2) is 0 Å². The molecule has 0 saturated heterocycles. The molecule has 23 heavy (non-hydrogen) atoms. The van der Waals surface area contributed by atoms with E-state index in [2.05, 4.69) is 15.0 Å². The summed E-state index contributed by atoms with van der Waals surface area (Å²) in [6.45, 7) is 1.95. The molecule has 0 aliphatic rings. The first kappa shape index (κ1) is 17.1. The van der Waals surface area contributed by atoms with Crippen LogP contribution in [0.3, 0.4) is 0 Å². The fraction of sp³-hybridized carbons (Fsp3) is 0.312. The molecule has 0 fully saturated rings. The molecule has 0 bridgehead atoms. The summed E-state index contributed by atoms with van der Waals surface area (Å²) in [7, 11) is -1.73. The molecule has 0 aliphatic heterocycles. The Bertz CT molecular complexity index is 730. The van der Waals surface area contributed by atoms with Gasteiger partial charge in [-0.3, -0.25) is 4.72 Å². The van der Waals surface area contributed by atoms with Crippen molar-refractivity contribution in [1.82, 2.24) is 4.98 Å². The van der Waals surface area contributed by atoms with Gasteiger partial charge in [0.25, 0.3) is 0 Å². The zero-order chi connectivity index (χ0) is 16.7. The van der Waals surface area contributed by atoms with Gasteiger partial charge in [0.05, 0.1) is 30.4 Å². The Morgan fingerprint density at radius 2 is 1.96 bits per heavy atom. The van der Waals surface area contributed by atoms with Gasteiger partial charge in [0.1, 0.15) is 11.6 Å². The molecule has 1 aromatic heterocycles. The third-order valence-corrected chi connectivity index (χ3v) is 4.52. The average molecular weight is 335 g/mol. The predicted octanol–water partition coefficient (Wildman–Crippen LogP) is 3.38. The number of rotatable bonds is 8. The number of pyridine rings is 1. The van der Waals surface area contributed by atoms with Crippen LogP contribution in [0.1, 0.15) is 19.8 Å². The van der Waals surface area contributed by atoms with Gasteiger partial charge in [-0.2, -0.15) is 0 Å². The summed E-state index contributed by atoms with van der Waals surface area (Å²) in [5, 5.41) is 3.18. The molecule has 0 radical (unpaired) electrons. The van der Waals surface area contributed by atoms with E-state index in [1.165, 1.54) is 0 Å². The van der Waals surface area contributed by atoms with Crippen LogP contribution in [0.2, 0.25) is 0 Å². The van der Waals surface area contributed by atoms with E-state index in [1.54, 1.807) is 25.4 Å². The van der Waals surface area contributed by atoms with Crippen molar-refractivity contribution in [3.8, 4) is 5.75 Å². The lowest BCUT2D eigenvalue weighted by molar-refractivity contribution is 0.417. The number of aromatic nitrogens is 1. The highest BCUT2D eigenvalue weighted by Gasteiger charge is 2.10. The van der Waals surface area contributed by atoms with Gasteiger partial charge in [-0.1, -0.05) is 25.5 Å². The van der Waals surface area contributed by atoms with Crippen LogP contribution in [0.5, 0.6) is 5.75 Å². The van der Waals surface area contributed by atoms with E-state index in [4.69, 9.17) is 4.74 Å². The molecule has 0 saturated carbocycles. The number of hydrogen-bond donors (Lipinski definition) is 2. The number of benzene rings is 1. The topological polar surface area (TPSA) is 80.3 Å². The third-order valence-electron chi connectivity index (χ3n) is 3.18. The molecule has 0 aliphatic carbocycles. The monoisotopic (exact) mass is 335 g/mol. The standard InChI is InChI=1S/C16H21N3O3S/c1-3-4-11-23(20,21)19-16-10-9-13(12-17-16)18-14-7-5-6-8-15(14)22-2/h5-10,12,18H,3-4,11H2,1-2H3,(H,17,19). The number of para-hydroxylation sites is 2. The quantitative estimate of drug-likeness (QED) is 0.773. The molecule has 6 nitrogen and oxygen atoms in total. The highest BCUT2D eigenvalue weighted by molar-refractivity contribution is 7.92. The van der Waals surface area contributed by atoms with Crippen molar-refractivity contribution in [2.24, 2.45) is 0 Å². The highest BCUT2D eigenvalue weighted by atomic mass is 32.2. The molecule has 124 valence electrons. The highest BCUT2D eigenvalue weighted by Crippen LogP contribution is 2.26. The molecule has 0 unspecified atom stereocenters. The molecular formula is C16H21N3O3S. The van der Waals surface area contributed by atoms with Crippen molar-refractivity contribution in [2.45, 2.75) is 19.8 Å². The van der Waals surface area contributed by atoms with E-state index in [1.807, 2.05) is 31.2 Å². The molecule has 2 rings (SSSR count). The summed E-state index contributed by atoms with van der Waals surface area (Å²) >= 11 is 0. The van der Waals surface area contributed by atoms with Gasteiger partial charge >= 0.3 is 0 Å². The number of anilines is 3. The molecule has 2 N–H and O–H groups in total. The maximum atomic E-state index is 11.8. The fourth-order valence-electron chi connectivity index (χ4n) is 1.98. The molecular weight excluding hydrogens is 314 g/mol. The number of hydrogen-bond acceptors (Lipinski definition) is 5. The maximum absolute atomic E-state index is 11.8. The van der Waals surface area contributed by atoms with Gasteiger partial charge in [-0.15, -0.1) is 0 Å². The molecule has 2 aromatic rings. The number of nitrogens with one attached hydrogen (secondary N) is 2. The fourth-order valence-corrected chi connectivity index (χ4v) is 3.19. The Morgan fingerprint density at radius 3 is 2.61 bits per heavy atom. The summed E-state index contributed by atoms with van der Waals surface area (Å²) in [6.07, 6.45) is 3.03. The number of ether oxygens (including phenoxy) is 1. The van der Waals surface area contributed by atoms with E-state index in [0.29, 0.717) is 12.2 Å². The Balaban J connectivity index is 2.05. The van der Waals surface area contributed by atoms with Crippen molar-refractivity contribution in [2.75, 3.05) is 22.9 Å². The molecule has 0 atom stereocenters. The Morgan fingerprint density at radius 1 is 1.17 bits per heavy atom. The zero-order valence-corrected chi connectivity index (χ0v) is 14.1. The summed E-state index contributed by atoms with van der Waals surface area (Å²) in [5.74, 6) is 1.13. The second-order valence-electron chi connectivity index (χ2n) is 5.03. The van der Waals surface area contributed by atoms with Gasteiger partial charge < -0.3 is 10.1 Å². The van der Waals surface area contributed by atoms with Crippen LogP contribution in [-0.2, 0) is 10.0 Å². The number of methoxy groups -OCH3 is 1. The van der Waals surface area contributed by atoms with E-state index < -0.39 is 10.0 Å². The molecule has 0 amide bonds. The summed E-state index contributed by atoms with van der Waals surface area (Å²) in [5.41, 5.74) is 1.55. The molecule has 1 aromatic carbocycles. The molecule has 0 spiro atoms. The summed E-state index contributed by atoms with van der Waals surface area (Å²) in [6, 6.07) is 10.9. The Labute approximate surface area is 137 Å². The number of unbranched alkanes of at least 4 members (excludes halogenated alkanes) is 1. The lowest BCUT2D eigenvalue weighted by Crippen LogP contribution is -2.17. The summed E-state index contributed by atoms with van der Waals surface area (Å²) < 4.78 is 31.4. The molecule has 1 heterocycles. The third kappa shape index (κ3) is 5.14. The van der Waals surface area contributed by atoms with E-state index in [9.17, 15) is 8.42 Å². The first-order valence-corrected chi connectivity index (χ1v) is 9.06. The van der Waals surface area contributed by atoms with E-state index >= 15 is 0 Å². The van der Waals surface area contributed by atoms with Crippen LogP contribution in [-0.4, -0.2) is 26.3 Å². The predicted molar refractivity (Wildman–Crippen MR) is 92.8 cm³/mol. The van der Waals surface area contributed by atoms with Crippen molar-refractivity contribution < 1.29 is 13.2 Å². The smallest absolute Gasteiger partial charge is 0.233 e. The van der Waals surface area contributed by atoms with Gasteiger partial charge in [0.2, 0.25) is 10.0 Å². The van der Waals surface area contributed by atoms with Gasteiger partial charge in [-0.05, 0) is 30.7 Å². The minimum Gasteiger partial charge on any atom is -0.495 e. The van der Waals surface area contributed by atoms with Crippen molar-refractivity contribution in [1.29, 1.82) is 0 Å². The Kier molecular flexibility index (Phi) is 5.81. The second-order valence-corrected chi connectivity index (χ2v) is 6.87. The van der Waals surface area contributed by atoms with E-state index in [0.717, 1.165) is 23.5 Å². The van der Waals surface area contributed by atoms with Crippen molar-refractivity contribution in [3.63, 3.8) is 0 Å². The number of sulfonamides is 1. The van der Waals surface area contributed by atoms with Crippen LogP contribution < -0.4 is 14.8 Å². The van der Waals surface area contributed by atoms with Crippen LogP contribution in [0.4, 0.5) is 17.2 Å². The first-order chi connectivity index (χ1) is 11.0. The summed E-state index contributed by atoms with van der Waals surface area (Å²) in [4.78, 5) is 4.13. The van der Waals surface area contributed by atoms with Crippen molar-refractivity contribution in [3.05, 3.63) is 42.6 Å². The largest absolute Gasteiger partial charge is 0.495 e. The van der Waals surface area contributed by atoms with Crippen LogP contribution in [0, 0.1) is 0 Å². The zero-order valence-electron chi connectivity index (χ0n) is 13.2. The lowest BCUT2D eigenvalue weighted by atomic mass is 10.3. The van der Waals surface area contributed by atoms with Gasteiger partial charge in [0, 0.05) is 0 Å². The number of nitrogens with zero attached hydrogens (tertiary/aromatic N) is 1.